The Hall–Kier alpha value is -1.90. The maximum Gasteiger partial charge on any atom is 0.243 e. The molecular formula is C22H25BrN2O4S. The Kier molecular flexibility index (Phi) is 5.92. The molecule has 2 fully saturated rings. The van der Waals surface area contributed by atoms with Crippen molar-refractivity contribution in [2.24, 2.45) is 0 Å². The number of benzene rings is 2. The van der Waals surface area contributed by atoms with Gasteiger partial charge in [0.15, 0.2) is 0 Å². The van der Waals surface area contributed by atoms with Crippen molar-refractivity contribution in [3.63, 3.8) is 0 Å². The Bertz CT molecular complexity index is 1060. The molecule has 30 heavy (non-hydrogen) atoms. The van der Waals surface area contributed by atoms with Crippen LogP contribution in [0, 0.1) is 0 Å². The molecule has 0 atom stereocenters. The van der Waals surface area contributed by atoms with Gasteiger partial charge in [0.1, 0.15) is 5.75 Å². The Balaban J connectivity index is 1.62. The molecule has 1 amide bonds. The van der Waals surface area contributed by atoms with E-state index in [2.05, 4.69) is 21.2 Å². The highest BCUT2D eigenvalue weighted by atomic mass is 79.9. The molecule has 2 aromatic carbocycles. The molecule has 0 bridgehead atoms. The van der Waals surface area contributed by atoms with Crippen molar-refractivity contribution < 1.29 is 17.9 Å². The van der Waals surface area contributed by atoms with Crippen LogP contribution in [0.1, 0.15) is 37.7 Å². The second kappa shape index (κ2) is 8.32. The van der Waals surface area contributed by atoms with Gasteiger partial charge >= 0.3 is 0 Å². The molecule has 0 unspecified atom stereocenters. The molecule has 2 aromatic rings. The molecule has 1 aliphatic heterocycles. The van der Waals surface area contributed by atoms with Crippen molar-refractivity contribution in [2.75, 3.05) is 25.5 Å². The predicted molar refractivity (Wildman–Crippen MR) is 119 cm³/mol. The first-order valence-electron chi connectivity index (χ1n) is 10.1. The number of methoxy groups -OCH3 is 1. The quantitative estimate of drug-likeness (QED) is 0.651. The molecule has 0 aromatic heterocycles. The highest BCUT2D eigenvalue weighted by Crippen LogP contribution is 2.49. The summed E-state index contributed by atoms with van der Waals surface area (Å²) in [6, 6.07) is 12.4. The molecule has 1 aliphatic carbocycles. The Morgan fingerprint density at radius 3 is 2.47 bits per heavy atom. The first kappa shape index (κ1) is 21.3. The first-order chi connectivity index (χ1) is 14.4. The average Bonchev–Trinajstić information content (AvgIpc) is 3.56. The topological polar surface area (TPSA) is 75.7 Å². The second-order valence-electron chi connectivity index (χ2n) is 7.87. The van der Waals surface area contributed by atoms with E-state index in [1.54, 1.807) is 12.1 Å². The Morgan fingerprint density at radius 1 is 1.10 bits per heavy atom. The summed E-state index contributed by atoms with van der Waals surface area (Å²) in [6.07, 6.45) is 4.29. The minimum Gasteiger partial charge on any atom is -0.495 e. The van der Waals surface area contributed by atoms with E-state index in [0.717, 1.165) is 42.1 Å². The van der Waals surface area contributed by atoms with Crippen molar-refractivity contribution in [3.05, 3.63) is 52.5 Å². The van der Waals surface area contributed by atoms with Gasteiger partial charge in [-0.05, 0) is 61.6 Å². The molecule has 1 N–H and O–H groups in total. The van der Waals surface area contributed by atoms with Crippen LogP contribution in [0.2, 0.25) is 0 Å². The Labute approximate surface area is 185 Å². The summed E-state index contributed by atoms with van der Waals surface area (Å²) < 4.78 is 34.0. The van der Waals surface area contributed by atoms with Crippen LogP contribution in [-0.2, 0) is 20.2 Å². The highest BCUT2D eigenvalue weighted by molar-refractivity contribution is 9.10. The monoisotopic (exact) mass is 492 g/mol. The van der Waals surface area contributed by atoms with Gasteiger partial charge in [-0.2, -0.15) is 4.31 Å². The van der Waals surface area contributed by atoms with E-state index in [4.69, 9.17) is 4.74 Å². The van der Waals surface area contributed by atoms with Crippen LogP contribution >= 0.6 is 15.9 Å². The van der Waals surface area contributed by atoms with Gasteiger partial charge in [-0.25, -0.2) is 8.42 Å². The van der Waals surface area contributed by atoms with Gasteiger partial charge in [0.25, 0.3) is 0 Å². The number of carbonyl (C=O) groups excluding carboxylic acids is 1. The number of hydrogen-bond donors (Lipinski definition) is 1. The molecule has 0 spiro atoms. The lowest BCUT2D eigenvalue weighted by Crippen LogP contribution is -2.35. The molecule has 1 saturated carbocycles. The summed E-state index contributed by atoms with van der Waals surface area (Å²) in [5.74, 6) is 0.289. The van der Waals surface area contributed by atoms with Crippen LogP contribution < -0.4 is 10.1 Å². The van der Waals surface area contributed by atoms with Gasteiger partial charge in [0.05, 0.1) is 23.1 Å². The number of halogens is 1. The first-order valence-corrected chi connectivity index (χ1v) is 12.4. The van der Waals surface area contributed by atoms with Crippen molar-refractivity contribution in [2.45, 2.75) is 42.4 Å². The zero-order chi connectivity index (χ0) is 21.4. The number of hydrogen-bond acceptors (Lipinski definition) is 4. The molecule has 2 aliphatic rings. The van der Waals surface area contributed by atoms with Crippen LogP contribution in [0.25, 0.3) is 0 Å². The number of piperidine rings is 1. The van der Waals surface area contributed by atoms with Crippen LogP contribution in [0.3, 0.4) is 0 Å². The van der Waals surface area contributed by atoms with Crippen LogP contribution in [0.5, 0.6) is 5.75 Å². The maximum absolute atomic E-state index is 13.2. The summed E-state index contributed by atoms with van der Waals surface area (Å²) >= 11 is 3.47. The third kappa shape index (κ3) is 4.00. The van der Waals surface area contributed by atoms with Gasteiger partial charge in [0.2, 0.25) is 15.9 Å². The van der Waals surface area contributed by atoms with E-state index in [0.29, 0.717) is 24.5 Å². The summed E-state index contributed by atoms with van der Waals surface area (Å²) in [5, 5.41) is 2.94. The summed E-state index contributed by atoms with van der Waals surface area (Å²) in [7, 11) is -2.10. The van der Waals surface area contributed by atoms with Gasteiger partial charge in [-0.1, -0.05) is 34.5 Å². The van der Waals surface area contributed by atoms with Gasteiger partial charge in [-0.15, -0.1) is 0 Å². The molecule has 160 valence electrons. The number of sulfonamides is 1. The number of amides is 1. The van der Waals surface area contributed by atoms with E-state index >= 15 is 0 Å². The van der Waals surface area contributed by atoms with E-state index in [9.17, 15) is 13.2 Å². The number of ether oxygens (including phenoxy) is 1. The average molecular weight is 493 g/mol. The van der Waals surface area contributed by atoms with Gasteiger partial charge < -0.3 is 10.1 Å². The third-order valence-electron chi connectivity index (χ3n) is 5.93. The maximum atomic E-state index is 13.2. The fourth-order valence-electron chi connectivity index (χ4n) is 4.00. The van der Waals surface area contributed by atoms with E-state index in [1.807, 2.05) is 24.3 Å². The zero-order valence-electron chi connectivity index (χ0n) is 16.9. The fraction of sp³-hybridized carbons (Fsp3) is 0.409. The zero-order valence-corrected chi connectivity index (χ0v) is 19.3. The lowest BCUT2D eigenvalue weighted by atomic mass is 9.95. The minimum absolute atomic E-state index is 0.147. The van der Waals surface area contributed by atoms with Gasteiger partial charge in [-0.3, -0.25) is 4.79 Å². The summed E-state index contributed by atoms with van der Waals surface area (Å²) in [4.78, 5) is 13.4. The summed E-state index contributed by atoms with van der Waals surface area (Å²) in [5.41, 5.74) is 0.739. The van der Waals surface area contributed by atoms with Crippen molar-refractivity contribution >= 4 is 37.5 Å². The molecular weight excluding hydrogens is 468 g/mol. The SMILES string of the molecule is COc1ccc(S(=O)(=O)N2CCCCC2)cc1NC(=O)C1(c2cccc(Br)c2)CC1. The smallest absolute Gasteiger partial charge is 0.243 e. The molecule has 0 radical (unpaired) electrons. The van der Waals surface area contributed by atoms with E-state index < -0.39 is 15.4 Å². The number of anilines is 1. The van der Waals surface area contributed by atoms with Crippen molar-refractivity contribution in [3.8, 4) is 5.75 Å². The van der Waals surface area contributed by atoms with Crippen LogP contribution in [-0.4, -0.2) is 38.8 Å². The second-order valence-corrected chi connectivity index (χ2v) is 10.7. The molecule has 6 nitrogen and oxygen atoms in total. The van der Waals surface area contributed by atoms with Gasteiger partial charge in [0, 0.05) is 17.6 Å². The minimum atomic E-state index is -3.60. The summed E-state index contributed by atoms with van der Waals surface area (Å²) in [6.45, 7) is 1.06. The lowest BCUT2D eigenvalue weighted by Gasteiger charge is -2.26. The molecule has 1 heterocycles. The fourth-order valence-corrected chi connectivity index (χ4v) is 5.94. The largest absolute Gasteiger partial charge is 0.495 e. The van der Waals surface area contributed by atoms with Crippen molar-refractivity contribution in [1.29, 1.82) is 0 Å². The number of rotatable bonds is 6. The lowest BCUT2D eigenvalue weighted by molar-refractivity contribution is -0.118. The van der Waals surface area contributed by atoms with E-state index in [1.165, 1.54) is 17.5 Å². The van der Waals surface area contributed by atoms with Crippen LogP contribution in [0.4, 0.5) is 5.69 Å². The molecule has 1 saturated heterocycles. The highest BCUT2D eigenvalue weighted by Gasteiger charge is 2.51. The Morgan fingerprint density at radius 2 is 1.83 bits per heavy atom. The third-order valence-corrected chi connectivity index (χ3v) is 8.32. The predicted octanol–water partition coefficient (Wildman–Crippen LogP) is 4.30. The van der Waals surface area contributed by atoms with Crippen molar-refractivity contribution in [1.82, 2.24) is 4.31 Å². The standard InChI is InChI=1S/C22H25BrN2O4S/c1-29-20-9-8-18(30(27,28)25-12-3-2-4-13-25)15-19(20)24-21(26)22(10-11-22)16-6-5-7-17(23)14-16/h5-9,14-15H,2-4,10-13H2,1H3,(H,24,26). The number of nitrogens with one attached hydrogen (secondary N) is 1. The molecule has 8 heteroatoms. The number of nitrogens with zero attached hydrogens (tertiary/aromatic N) is 1. The normalized spacial score (nSPS) is 18.6. The number of carbonyl (C=O) groups is 1. The van der Waals surface area contributed by atoms with E-state index in [-0.39, 0.29) is 10.8 Å². The molecule has 4 rings (SSSR count). The van der Waals surface area contributed by atoms with Crippen LogP contribution in [0.15, 0.2) is 51.8 Å².